The molecule has 0 aromatic rings. The van der Waals surface area contributed by atoms with E-state index in [0.717, 1.165) is 0 Å². The highest BCUT2D eigenvalue weighted by molar-refractivity contribution is 5.81. The minimum Gasteiger partial charge on any atom is -0.286 e. The molecule has 0 radical (unpaired) electrons. The molecule has 2 aliphatic rings. The molecule has 1 atom stereocenters. The Hall–Kier alpha value is -1.52. The Bertz CT molecular complexity index is 348. The van der Waals surface area contributed by atoms with Crippen molar-refractivity contribution in [2.75, 3.05) is 0 Å². The molecule has 5 heteroatoms. The van der Waals surface area contributed by atoms with Crippen LogP contribution in [0, 0.1) is 5.92 Å². The lowest BCUT2D eigenvalue weighted by molar-refractivity contribution is -0.504. The molecule has 0 amide bonds. The molecule has 0 saturated carbocycles. The number of guanidine groups is 1. The summed E-state index contributed by atoms with van der Waals surface area (Å²) in [6.45, 7) is 4.23. The zero-order valence-corrected chi connectivity index (χ0v) is 7.68. The maximum atomic E-state index is 5.64. The second-order valence-electron chi connectivity index (χ2n) is 3.37. The Morgan fingerprint density at radius 3 is 3.00 bits per heavy atom. The fraction of sp³-hybridized carbons (Fsp3) is 0.500. The van der Waals surface area contributed by atoms with Crippen LogP contribution in [0.4, 0.5) is 0 Å². The van der Waals surface area contributed by atoms with E-state index in [2.05, 4.69) is 28.9 Å². The average Bonchev–Trinajstić information content (AvgIpc) is 2.48. The molecule has 13 heavy (non-hydrogen) atoms. The SMILES string of the molecule is CC(C)C1=CN=[N+]2C(N)=NC=NC12. The van der Waals surface area contributed by atoms with Crippen LogP contribution in [0.3, 0.4) is 0 Å². The number of fused-ring (bicyclic) bond motifs is 1. The first-order valence-corrected chi connectivity index (χ1v) is 4.25. The number of azo groups is 2. The number of aliphatic imine (C=N–C) groups is 2. The zero-order valence-electron chi connectivity index (χ0n) is 7.68. The smallest absolute Gasteiger partial charge is 0.286 e. The molecule has 0 bridgehead atoms. The van der Waals surface area contributed by atoms with E-state index >= 15 is 0 Å². The first-order valence-electron chi connectivity index (χ1n) is 4.25. The Labute approximate surface area is 76.4 Å². The molecule has 5 nitrogen and oxygen atoms in total. The van der Waals surface area contributed by atoms with Crippen molar-refractivity contribution in [2.45, 2.75) is 20.0 Å². The number of nitrogens with zero attached hydrogens (tertiary/aromatic N) is 4. The van der Waals surface area contributed by atoms with Gasteiger partial charge in [-0.1, -0.05) is 18.8 Å². The minimum atomic E-state index is -0.0579. The van der Waals surface area contributed by atoms with Gasteiger partial charge < -0.3 is 0 Å². The molecule has 0 aromatic carbocycles. The molecule has 2 N–H and O–H groups in total. The standard InChI is InChI=1S/C8H12N5/c1-5(2)6-3-12-13-7(6)10-4-11-8(13)9/h3-5,7H,1-2H3,(H2,9,10,11)/q+1. The van der Waals surface area contributed by atoms with Crippen molar-refractivity contribution in [1.29, 1.82) is 0 Å². The van der Waals surface area contributed by atoms with Crippen molar-refractivity contribution in [3.05, 3.63) is 11.8 Å². The monoisotopic (exact) mass is 178 g/mol. The molecular weight excluding hydrogens is 166 g/mol. The van der Waals surface area contributed by atoms with Crippen LogP contribution in [0.2, 0.25) is 0 Å². The van der Waals surface area contributed by atoms with Gasteiger partial charge >= 0.3 is 5.96 Å². The van der Waals surface area contributed by atoms with Crippen molar-refractivity contribution in [3.8, 4) is 0 Å². The van der Waals surface area contributed by atoms with Crippen molar-refractivity contribution >= 4 is 12.3 Å². The molecule has 0 spiro atoms. The summed E-state index contributed by atoms with van der Waals surface area (Å²) in [6, 6.07) is 0. The predicted octanol–water partition coefficient (Wildman–Crippen LogP) is 0.687. The number of rotatable bonds is 1. The third-order valence-corrected chi connectivity index (χ3v) is 2.16. The van der Waals surface area contributed by atoms with Gasteiger partial charge in [-0.25, -0.2) is 4.99 Å². The second kappa shape index (κ2) is 2.76. The zero-order chi connectivity index (χ0) is 9.42. The van der Waals surface area contributed by atoms with Gasteiger partial charge in [-0.3, -0.25) is 5.73 Å². The Balaban J connectivity index is 2.31. The predicted molar refractivity (Wildman–Crippen MR) is 49.5 cm³/mol. The van der Waals surface area contributed by atoms with E-state index in [4.69, 9.17) is 5.73 Å². The average molecular weight is 178 g/mol. The van der Waals surface area contributed by atoms with Gasteiger partial charge in [0.2, 0.25) is 6.17 Å². The maximum Gasteiger partial charge on any atom is 0.412 e. The summed E-state index contributed by atoms with van der Waals surface area (Å²) < 4.78 is 1.63. The second-order valence-corrected chi connectivity index (χ2v) is 3.37. The van der Waals surface area contributed by atoms with Crippen LogP contribution in [0.1, 0.15) is 13.8 Å². The van der Waals surface area contributed by atoms with Gasteiger partial charge in [-0.2, -0.15) is 0 Å². The fourth-order valence-electron chi connectivity index (χ4n) is 1.40. The van der Waals surface area contributed by atoms with Gasteiger partial charge in [0.15, 0.2) is 6.34 Å². The van der Waals surface area contributed by atoms with Gasteiger partial charge in [0.25, 0.3) is 0 Å². The van der Waals surface area contributed by atoms with Crippen molar-refractivity contribution in [2.24, 2.45) is 26.8 Å². The van der Waals surface area contributed by atoms with Crippen LogP contribution in [0.5, 0.6) is 0 Å². The number of nitrogens with two attached hydrogens (primary N) is 1. The van der Waals surface area contributed by atoms with Gasteiger partial charge in [0.1, 0.15) is 0 Å². The lowest BCUT2D eigenvalue weighted by Gasteiger charge is -2.13. The summed E-state index contributed by atoms with van der Waals surface area (Å²) in [4.78, 5) is 8.08. The largest absolute Gasteiger partial charge is 0.412 e. The minimum absolute atomic E-state index is 0.0579. The van der Waals surface area contributed by atoms with E-state index in [0.29, 0.717) is 11.9 Å². The van der Waals surface area contributed by atoms with Crippen molar-refractivity contribution in [1.82, 2.24) is 0 Å². The quantitative estimate of drug-likeness (QED) is 0.590. The summed E-state index contributed by atoms with van der Waals surface area (Å²) in [5.41, 5.74) is 6.81. The van der Waals surface area contributed by atoms with Crippen LogP contribution >= 0.6 is 0 Å². The molecule has 1 unspecified atom stereocenters. The van der Waals surface area contributed by atoms with E-state index in [1.165, 1.54) is 11.9 Å². The normalized spacial score (nSPS) is 25.5. The number of hydrogen-bond acceptors (Lipinski definition) is 4. The topological polar surface area (TPSA) is 66.1 Å². The molecular formula is C8H12N5+. The third-order valence-electron chi connectivity index (χ3n) is 2.16. The molecule has 2 heterocycles. The molecule has 2 aliphatic heterocycles. The van der Waals surface area contributed by atoms with Gasteiger partial charge in [0, 0.05) is 5.57 Å². The Morgan fingerprint density at radius 1 is 1.54 bits per heavy atom. The fourth-order valence-corrected chi connectivity index (χ4v) is 1.40. The molecule has 0 fully saturated rings. The van der Waals surface area contributed by atoms with Crippen LogP contribution in [-0.4, -0.2) is 23.2 Å². The first-order chi connectivity index (χ1) is 6.20. The highest BCUT2D eigenvalue weighted by atomic mass is 15.4. The van der Waals surface area contributed by atoms with E-state index in [1.807, 2.05) is 6.20 Å². The van der Waals surface area contributed by atoms with E-state index in [1.54, 1.807) is 4.70 Å². The van der Waals surface area contributed by atoms with E-state index < -0.39 is 0 Å². The lowest BCUT2D eigenvalue weighted by Crippen LogP contribution is -2.37. The first kappa shape index (κ1) is 8.10. The van der Waals surface area contributed by atoms with Crippen LogP contribution in [-0.2, 0) is 0 Å². The Kier molecular flexibility index (Phi) is 1.72. The molecule has 0 aromatic heterocycles. The van der Waals surface area contributed by atoms with Crippen LogP contribution in [0.25, 0.3) is 0 Å². The number of hydrogen-bond donors (Lipinski definition) is 1. The summed E-state index contributed by atoms with van der Waals surface area (Å²) in [7, 11) is 0. The molecule has 0 saturated heterocycles. The maximum absolute atomic E-state index is 5.64. The van der Waals surface area contributed by atoms with E-state index in [9.17, 15) is 0 Å². The van der Waals surface area contributed by atoms with Crippen LogP contribution < -0.4 is 5.73 Å². The summed E-state index contributed by atoms with van der Waals surface area (Å²) in [5.74, 6) is 0.841. The Morgan fingerprint density at radius 2 is 2.31 bits per heavy atom. The van der Waals surface area contributed by atoms with Gasteiger partial charge in [0.05, 0.1) is 6.20 Å². The summed E-state index contributed by atoms with van der Waals surface area (Å²) in [5, 5.41) is 4.14. The third kappa shape index (κ3) is 1.16. The molecule has 68 valence electrons. The van der Waals surface area contributed by atoms with Crippen LogP contribution in [0.15, 0.2) is 26.9 Å². The van der Waals surface area contributed by atoms with Crippen molar-refractivity contribution < 1.29 is 4.70 Å². The lowest BCUT2D eigenvalue weighted by atomic mass is 10.0. The van der Waals surface area contributed by atoms with Gasteiger partial charge in [-0.15, -0.1) is 9.81 Å². The van der Waals surface area contributed by atoms with Gasteiger partial charge in [-0.05, 0) is 5.92 Å². The highest BCUT2D eigenvalue weighted by Crippen LogP contribution is 2.24. The molecule has 2 rings (SSSR count). The summed E-state index contributed by atoms with van der Waals surface area (Å²) in [6.07, 6.45) is 3.26. The highest BCUT2D eigenvalue weighted by Gasteiger charge is 2.33. The molecule has 0 aliphatic carbocycles. The van der Waals surface area contributed by atoms with Crippen molar-refractivity contribution in [3.63, 3.8) is 0 Å². The summed E-state index contributed by atoms with van der Waals surface area (Å²) >= 11 is 0. The van der Waals surface area contributed by atoms with E-state index in [-0.39, 0.29) is 6.17 Å².